The Balaban J connectivity index is 1.79. The Morgan fingerprint density at radius 2 is 2.10 bits per heavy atom. The van der Waals surface area contributed by atoms with Gasteiger partial charge in [0.25, 0.3) is 5.65 Å². The highest BCUT2D eigenvalue weighted by atomic mass is 32.1. The van der Waals surface area contributed by atoms with Crippen LogP contribution in [-0.2, 0) is 11.3 Å². The van der Waals surface area contributed by atoms with E-state index in [1.807, 2.05) is 24.3 Å². The molecule has 0 unspecified atom stereocenters. The molecule has 31 heavy (non-hydrogen) atoms. The molecule has 0 aliphatic rings. The number of hydrogen-bond acceptors (Lipinski definition) is 7. The summed E-state index contributed by atoms with van der Waals surface area (Å²) in [4.78, 5) is 30.3. The molecule has 9 heteroatoms. The molecule has 0 bridgehead atoms. The monoisotopic (exact) mass is 437 g/mol. The number of fused-ring (bicyclic) bond motifs is 1. The molecule has 0 aliphatic carbocycles. The number of esters is 1. The molecule has 8 nitrogen and oxygen atoms in total. The van der Waals surface area contributed by atoms with E-state index in [4.69, 9.17) is 9.47 Å². The van der Waals surface area contributed by atoms with E-state index < -0.39 is 23.0 Å². The SMILES string of the molecule is CCOC(=O)c1c([O-])[n+](Cc2cnc(-c3cccc(OC)c3)s2)c2ccccn2c1=O. The number of hydrogen-bond donors (Lipinski definition) is 0. The number of rotatable bonds is 6. The van der Waals surface area contributed by atoms with Gasteiger partial charge in [-0.1, -0.05) is 18.2 Å². The first-order chi connectivity index (χ1) is 15.0. The van der Waals surface area contributed by atoms with Gasteiger partial charge in [0, 0.05) is 17.8 Å². The van der Waals surface area contributed by atoms with Crippen LogP contribution in [0.4, 0.5) is 0 Å². The molecule has 0 radical (unpaired) electrons. The summed E-state index contributed by atoms with van der Waals surface area (Å²) in [5.74, 6) is -0.894. The standard InChI is InChI=1S/C22H19N3O5S/c1-3-30-22(28)18-20(26)24-10-5-4-9-17(24)25(21(18)27)13-16-12-23-19(31-16)14-7-6-8-15(11-14)29-2/h4-12H,3,13H2,1-2H3. The van der Waals surface area contributed by atoms with Crippen molar-refractivity contribution in [3.05, 3.63) is 75.7 Å². The number of benzene rings is 1. The first-order valence-electron chi connectivity index (χ1n) is 9.54. The van der Waals surface area contributed by atoms with E-state index in [2.05, 4.69) is 4.98 Å². The summed E-state index contributed by atoms with van der Waals surface area (Å²) in [5.41, 5.74) is 0.0611. The van der Waals surface area contributed by atoms with Crippen molar-refractivity contribution in [3.63, 3.8) is 0 Å². The fourth-order valence-corrected chi connectivity index (χ4v) is 4.13. The molecular formula is C22H19N3O5S. The lowest BCUT2D eigenvalue weighted by atomic mass is 10.2. The lowest BCUT2D eigenvalue weighted by molar-refractivity contribution is -0.708. The number of aromatic nitrogens is 3. The third-order valence-electron chi connectivity index (χ3n) is 4.67. The number of pyridine rings is 1. The average Bonchev–Trinajstić information content (AvgIpc) is 3.26. The van der Waals surface area contributed by atoms with Crippen LogP contribution in [0.1, 0.15) is 22.2 Å². The maximum absolute atomic E-state index is 13.1. The van der Waals surface area contributed by atoms with Crippen molar-refractivity contribution < 1.29 is 23.9 Å². The summed E-state index contributed by atoms with van der Waals surface area (Å²) in [6.45, 7) is 1.83. The third-order valence-corrected chi connectivity index (χ3v) is 5.70. The summed E-state index contributed by atoms with van der Waals surface area (Å²) in [6, 6.07) is 12.6. The van der Waals surface area contributed by atoms with Gasteiger partial charge in [0.1, 0.15) is 17.3 Å². The third kappa shape index (κ3) is 3.87. The van der Waals surface area contributed by atoms with Crippen molar-refractivity contribution in [2.45, 2.75) is 13.5 Å². The first kappa shape index (κ1) is 20.5. The van der Waals surface area contributed by atoms with Gasteiger partial charge in [-0.05, 0) is 25.1 Å². The maximum atomic E-state index is 13.1. The smallest absolute Gasteiger partial charge is 0.356 e. The lowest BCUT2D eigenvalue weighted by Crippen LogP contribution is -2.46. The van der Waals surface area contributed by atoms with Crippen molar-refractivity contribution in [1.82, 2.24) is 9.38 Å². The number of carbonyl (C=O) groups excluding carboxylic acids is 1. The van der Waals surface area contributed by atoms with Crippen LogP contribution >= 0.6 is 11.3 Å². The highest BCUT2D eigenvalue weighted by Gasteiger charge is 2.25. The van der Waals surface area contributed by atoms with E-state index in [0.29, 0.717) is 5.65 Å². The molecule has 0 amide bonds. The molecule has 4 rings (SSSR count). The van der Waals surface area contributed by atoms with E-state index >= 15 is 0 Å². The quantitative estimate of drug-likeness (QED) is 0.338. The average molecular weight is 437 g/mol. The Hall–Kier alpha value is -3.72. The van der Waals surface area contributed by atoms with Gasteiger partial charge in [-0.2, -0.15) is 4.40 Å². The zero-order valence-electron chi connectivity index (χ0n) is 16.9. The highest BCUT2D eigenvalue weighted by Crippen LogP contribution is 2.28. The fourth-order valence-electron chi connectivity index (χ4n) is 3.23. The Labute approximate surface area is 181 Å². The van der Waals surface area contributed by atoms with Crippen LogP contribution < -0.4 is 20.0 Å². The topological polar surface area (TPSA) is 96.8 Å². The second-order valence-electron chi connectivity index (χ2n) is 6.58. The molecule has 0 aliphatic heterocycles. The number of methoxy groups -OCH3 is 1. The van der Waals surface area contributed by atoms with Gasteiger partial charge in [-0.3, -0.25) is 0 Å². The Morgan fingerprint density at radius 1 is 1.26 bits per heavy atom. The van der Waals surface area contributed by atoms with Gasteiger partial charge in [-0.15, -0.1) is 11.3 Å². The van der Waals surface area contributed by atoms with E-state index in [-0.39, 0.29) is 13.2 Å². The van der Waals surface area contributed by atoms with Crippen LogP contribution in [0.5, 0.6) is 11.6 Å². The second-order valence-corrected chi connectivity index (χ2v) is 7.70. The predicted octanol–water partition coefficient (Wildman–Crippen LogP) is 2.02. The molecule has 158 valence electrons. The minimum absolute atomic E-state index is 0.0634. The van der Waals surface area contributed by atoms with Gasteiger partial charge >= 0.3 is 11.5 Å². The van der Waals surface area contributed by atoms with Crippen LogP contribution in [0.15, 0.2) is 59.7 Å². The fraction of sp³-hybridized carbons (Fsp3) is 0.182. The van der Waals surface area contributed by atoms with Crippen molar-refractivity contribution in [2.75, 3.05) is 13.7 Å². The Kier molecular flexibility index (Phi) is 5.68. The molecule has 1 aromatic carbocycles. The molecule has 0 saturated heterocycles. The summed E-state index contributed by atoms with van der Waals surface area (Å²) in [7, 11) is 1.60. The Morgan fingerprint density at radius 3 is 2.87 bits per heavy atom. The Bertz CT molecular complexity index is 1330. The minimum Gasteiger partial charge on any atom is -0.842 e. The zero-order valence-corrected chi connectivity index (χ0v) is 17.7. The number of carbonyl (C=O) groups is 1. The molecule has 0 atom stereocenters. The first-order valence-corrected chi connectivity index (χ1v) is 10.4. The summed E-state index contributed by atoms with van der Waals surface area (Å²) >= 11 is 1.42. The molecule has 0 saturated carbocycles. The van der Waals surface area contributed by atoms with Crippen LogP contribution in [-0.4, -0.2) is 29.1 Å². The van der Waals surface area contributed by atoms with Crippen LogP contribution in [0.3, 0.4) is 0 Å². The predicted molar refractivity (Wildman–Crippen MR) is 112 cm³/mol. The molecular weight excluding hydrogens is 418 g/mol. The molecule has 3 heterocycles. The van der Waals surface area contributed by atoms with E-state index in [1.54, 1.807) is 38.4 Å². The molecule has 0 spiro atoms. The van der Waals surface area contributed by atoms with Gasteiger partial charge < -0.3 is 14.6 Å². The molecule has 4 aromatic rings. The van der Waals surface area contributed by atoms with Gasteiger partial charge in [-0.25, -0.2) is 19.1 Å². The zero-order chi connectivity index (χ0) is 22.0. The summed E-state index contributed by atoms with van der Waals surface area (Å²) < 4.78 is 12.9. The number of nitrogens with zero attached hydrogens (tertiary/aromatic N) is 3. The maximum Gasteiger partial charge on any atom is 0.356 e. The van der Waals surface area contributed by atoms with Crippen LogP contribution in [0, 0.1) is 0 Å². The van der Waals surface area contributed by atoms with E-state index in [0.717, 1.165) is 21.2 Å². The van der Waals surface area contributed by atoms with Crippen LogP contribution in [0.2, 0.25) is 0 Å². The van der Waals surface area contributed by atoms with Crippen LogP contribution in [0.25, 0.3) is 16.2 Å². The van der Waals surface area contributed by atoms with Crippen molar-refractivity contribution in [2.24, 2.45) is 0 Å². The lowest BCUT2D eigenvalue weighted by Gasteiger charge is -2.15. The molecule has 0 N–H and O–H groups in total. The highest BCUT2D eigenvalue weighted by molar-refractivity contribution is 7.15. The second kappa shape index (κ2) is 8.57. The normalized spacial score (nSPS) is 10.9. The summed E-state index contributed by atoms with van der Waals surface area (Å²) in [5, 5.41) is 13.9. The molecule has 3 aromatic heterocycles. The van der Waals surface area contributed by atoms with Gasteiger partial charge in [0.15, 0.2) is 5.56 Å². The van der Waals surface area contributed by atoms with E-state index in [9.17, 15) is 14.7 Å². The van der Waals surface area contributed by atoms with Crippen molar-refractivity contribution >= 4 is 23.0 Å². The minimum atomic E-state index is -0.925. The summed E-state index contributed by atoms with van der Waals surface area (Å²) in [6.07, 6.45) is 3.20. The van der Waals surface area contributed by atoms with Gasteiger partial charge in [0.2, 0.25) is 0 Å². The largest absolute Gasteiger partial charge is 0.842 e. The number of ether oxygens (including phenoxy) is 2. The number of thiazole rings is 1. The van der Waals surface area contributed by atoms with Crippen molar-refractivity contribution in [1.29, 1.82) is 0 Å². The van der Waals surface area contributed by atoms with Crippen molar-refractivity contribution in [3.8, 4) is 22.2 Å². The van der Waals surface area contributed by atoms with Gasteiger partial charge in [0.05, 0.1) is 30.7 Å². The van der Waals surface area contributed by atoms with E-state index in [1.165, 1.54) is 26.5 Å². The molecule has 0 fully saturated rings.